The second kappa shape index (κ2) is 7.48. The smallest absolute Gasteiger partial charge is 0.295 e. The number of hydrogen-bond donors (Lipinski definition) is 3. The fourth-order valence-electron chi connectivity index (χ4n) is 4.85. The number of H-pyrrole nitrogens is 1. The third-order valence-electron chi connectivity index (χ3n) is 6.68. The van der Waals surface area contributed by atoms with Crippen LogP contribution in [0.3, 0.4) is 0 Å². The Morgan fingerprint density at radius 1 is 1.03 bits per heavy atom. The van der Waals surface area contributed by atoms with Gasteiger partial charge in [0.25, 0.3) is 6.01 Å². The molecule has 0 amide bonds. The molecule has 3 heterocycles. The van der Waals surface area contributed by atoms with Crippen molar-refractivity contribution in [3.63, 3.8) is 0 Å². The van der Waals surface area contributed by atoms with Gasteiger partial charge in [-0.05, 0) is 29.9 Å². The Bertz CT molecular complexity index is 1160. The van der Waals surface area contributed by atoms with Gasteiger partial charge >= 0.3 is 0 Å². The van der Waals surface area contributed by atoms with E-state index in [1.54, 1.807) is 12.1 Å². The summed E-state index contributed by atoms with van der Waals surface area (Å²) in [6.07, 6.45) is -0.965. The zero-order chi connectivity index (χ0) is 22.0. The topological polar surface area (TPSA) is 96.8 Å². The number of aliphatic hydroxyl groups is 2. The maximum atomic E-state index is 15.3. The minimum atomic E-state index is -0.772. The third-order valence-corrected chi connectivity index (χ3v) is 6.68. The summed E-state index contributed by atoms with van der Waals surface area (Å²) in [6.45, 7) is 0.370. The van der Waals surface area contributed by atoms with E-state index in [1.807, 2.05) is 12.1 Å². The fraction of sp³-hybridized carbons (Fsp3) is 0.435. The minimum absolute atomic E-state index is 0.0227. The maximum absolute atomic E-state index is 15.3. The van der Waals surface area contributed by atoms with Gasteiger partial charge < -0.3 is 29.4 Å². The van der Waals surface area contributed by atoms with Crippen LogP contribution in [-0.4, -0.2) is 63.9 Å². The number of aromatic amines is 1. The highest BCUT2D eigenvalue weighted by atomic mass is 19.1. The molecule has 3 N–H and O–H groups in total. The average molecular weight is 444 g/mol. The standard InChI is InChI=1S/C23H22F2N2O5/c24-14-7-15-20(27-23(26-15)32-17-9-31-21-16(29)8-30-22(17)21)19(25)18(14)11-3-1-10(2-4-11)12-5-13(28)6-12/h1-4,7,12-13,16-17,21-22,28-29H,5-6,8-9H2,(H,26,27)/t12?,13?,16?,17?,21-,22-/m1/s1. The summed E-state index contributed by atoms with van der Waals surface area (Å²) < 4.78 is 47.0. The normalized spacial score (nSPS) is 31.6. The number of benzene rings is 2. The van der Waals surface area contributed by atoms with Crippen LogP contribution in [0.15, 0.2) is 30.3 Å². The van der Waals surface area contributed by atoms with Crippen molar-refractivity contribution in [2.75, 3.05) is 13.2 Å². The first-order valence-electron chi connectivity index (χ1n) is 10.7. The molecule has 2 aliphatic heterocycles. The molecule has 1 aromatic heterocycles. The Balaban J connectivity index is 1.28. The van der Waals surface area contributed by atoms with E-state index in [9.17, 15) is 14.6 Å². The van der Waals surface area contributed by atoms with Gasteiger partial charge in [-0.15, -0.1) is 0 Å². The number of imidazole rings is 1. The summed E-state index contributed by atoms with van der Waals surface area (Å²) in [5.41, 5.74) is 1.47. The van der Waals surface area contributed by atoms with Crippen LogP contribution in [0.25, 0.3) is 22.2 Å². The van der Waals surface area contributed by atoms with Gasteiger partial charge in [-0.2, -0.15) is 4.98 Å². The van der Waals surface area contributed by atoms with Gasteiger partial charge in [-0.25, -0.2) is 8.78 Å². The van der Waals surface area contributed by atoms with Gasteiger partial charge in [0.2, 0.25) is 0 Å². The lowest BCUT2D eigenvalue weighted by Crippen LogP contribution is -2.34. The lowest BCUT2D eigenvalue weighted by Gasteiger charge is -2.31. The molecule has 4 atom stereocenters. The molecule has 7 nitrogen and oxygen atoms in total. The Morgan fingerprint density at radius 2 is 1.78 bits per heavy atom. The number of aromatic nitrogens is 2. The van der Waals surface area contributed by atoms with E-state index >= 15 is 4.39 Å². The summed E-state index contributed by atoms with van der Waals surface area (Å²) in [5.74, 6) is -1.19. The molecule has 9 heteroatoms. The Labute approximate surface area is 181 Å². The SMILES string of the molecule is OC1CC(c2ccc(-c3c(F)cc4[nH]c(OC5CO[C@@H]6C(O)CO[C@H]56)nc4c3F)cc2)C1. The highest BCUT2D eigenvalue weighted by molar-refractivity contribution is 5.84. The Kier molecular flexibility index (Phi) is 4.69. The number of halogens is 2. The second-order valence-corrected chi connectivity index (χ2v) is 8.75. The van der Waals surface area contributed by atoms with Crippen molar-refractivity contribution in [1.29, 1.82) is 0 Å². The van der Waals surface area contributed by atoms with E-state index in [2.05, 4.69) is 9.97 Å². The zero-order valence-corrected chi connectivity index (χ0v) is 17.0. The summed E-state index contributed by atoms with van der Waals surface area (Å²) >= 11 is 0. The molecule has 168 valence electrons. The minimum Gasteiger partial charge on any atom is -0.456 e. The van der Waals surface area contributed by atoms with Crippen LogP contribution >= 0.6 is 0 Å². The first-order valence-corrected chi connectivity index (χ1v) is 10.7. The van der Waals surface area contributed by atoms with Crippen LogP contribution in [0.2, 0.25) is 0 Å². The summed E-state index contributed by atoms with van der Waals surface area (Å²) in [5, 5.41) is 19.3. The largest absolute Gasteiger partial charge is 0.456 e. The zero-order valence-electron chi connectivity index (χ0n) is 17.0. The van der Waals surface area contributed by atoms with Gasteiger partial charge in [0.1, 0.15) is 29.6 Å². The molecule has 32 heavy (non-hydrogen) atoms. The highest BCUT2D eigenvalue weighted by Gasteiger charge is 2.48. The van der Waals surface area contributed by atoms with Crippen molar-refractivity contribution < 1.29 is 33.2 Å². The maximum Gasteiger partial charge on any atom is 0.295 e. The second-order valence-electron chi connectivity index (χ2n) is 8.75. The predicted octanol–water partition coefficient (Wildman–Crippen LogP) is 2.65. The molecule has 0 bridgehead atoms. The lowest BCUT2D eigenvalue weighted by atomic mass is 9.77. The van der Waals surface area contributed by atoms with Crippen molar-refractivity contribution in [2.24, 2.45) is 0 Å². The molecule has 3 aliphatic rings. The van der Waals surface area contributed by atoms with Crippen LogP contribution in [0.5, 0.6) is 6.01 Å². The predicted molar refractivity (Wildman–Crippen MR) is 109 cm³/mol. The van der Waals surface area contributed by atoms with E-state index in [0.29, 0.717) is 18.4 Å². The molecule has 1 aliphatic carbocycles. The fourth-order valence-corrected chi connectivity index (χ4v) is 4.85. The molecular weight excluding hydrogens is 422 g/mol. The van der Waals surface area contributed by atoms with Gasteiger partial charge in [0, 0.05) is 6.07 Å². The van der Waals surface area contributed by atoms with Crippen LogP contribution in [-0.2, 0) is 9.47 Å². The van der Waals surface area contributed by atoms with E-state index in [-0.39, 0.29) is 47.8 Å². The molecule has 2 saturated heterocycles. The number of rotatable bonds is 4. The molecular formula is C23H22F2N2O5. The van der Waals surface area contributed by atoms with Gasteiger partial charge in [0.15, 0.2) is 11.9 Å². The van der Waals surface area contributed by atoms with Crippen molar-refractivity contribution >= 4 is 11.0 Å². The van der Waals surface area contributed by atoms with Crippen LogP contribution in [0, 0.1) is 11.6 Å². The van der Waals surface area contributed by atoms with Gasteiger partial charge in [-0.3, -0.25) is 0 Å². The summed E-state index contributed by atoms with van der Waals surface area (Å²) in [7, 11) is 0. The molecule has 3 fully saturated rings. The van der Waals surface area contributed by atoms with Crippen molar-refractivity contribution in [1.82, 2.24) is 9.97 Å². The van der Waals surface area contributed by atoms with E-state index < -0.39 is 36.1 Å². The molecule has 1 saturated carbocycles. The van der Waals surface area contributed by atoms with Gasteiger partial charge in [0.05, 0.1) is 30.4 Å². The quantitative estimate of drug-likeness (QED) is 0.573. The Morgan fingerprint density at radius 3 is 2.53 bits per heavy atom. The average Bonchev–Trinajstić information content (AvgIpc) is 3.44. The molecule has 0 spiro atoms. The molecule has 6 rings (SSSR count). The van der Waals surface area contributed by atoms with Crippen molar-refractivity contribution in [2.45, 2.75) is 49.3 Å². The molecule has 2 unspecified atom stereocenters. The van der Waals surface area contributed by atoms with Crippen molar-refractivity contribution in [3.05, 3.63) is 47.5 Å². The first-order chi connectivity index (χ1) is 15.5. The third kappa shape index (κ3) is 3.19. The molecule has 0 radical (unpaired) electrons. The van der Waals surface area contributed by atoms with E-state index in [1.165, 1.54) is 6.07 Å². The first kappa shape index (κ1) is 20.0. The number of nitrogens with zero attached hydrogens (tertiary/aromatic N) is 1. The van der Waals surface area contributed by atoms with Crippen molar-refractivity contribution in [3.8, 4) is 17.1 Å². The summed E-state index contributed by atoms with van der Waals surface area (Å²) in [6, 6.07) is 8.31. The summed E-state index contributed by atoms with van der Waals surface area (Å²) in [4.78, 5) is 7.00. The number of nitrogens with one attached hydrogen (secondary N) is 1. The number of aliphatic hydroxyl groups excluding tert-OH is 2. The van der Waals surface area contributed by atoms with E-state index in [4.69, 9.17) is 14.2 Å². The highest BCUT2D eigenvalue weighted by Crippen LogP contribution is 2.38. The van der Waals surface area contributed by atoms with Gasteiger partial charge in [-0.1, -0.05) is 24.3 Å². The number of hydrogen-bond acceptors (Lipinski definition) is 6. The Hall–Kier alpha value is -2.59. The van der Waals surface area contributed by atoms with E-state index in [0.717, 1.165) is 5.56 Å². The number of fused-ring (bicyclic) bond motifs is 2. The lowest BCUT2D eigenvalue weighted by molar-refractivity contribution is 0.00706. The molecule has 2 aromatic carbocycles. The van der Waals surface area contributed by atoms with Crippen LogP contribution in [0.4, 0.5) is 8.78 Å². The van der Waals surface area contributed by atoms with Crippen LogP contribution in [0.1, 0.15) is 24.3 Å². The number of ether oxygens (including phenoxy) is 3. The monoisotopic (exact) mass is 444 g/mol. The van der Waals surface area contributed by atoms with Crippen LogP contribution < -0.4 is 4.74 Å². The molecule has 3 aromatic rings.